The Morgan fingerprint density at radius 3 is 1.87 bits per heavy atom. The largest absolute Gasteiger partial charge is 0.493 e. The summed E-state index contributed by atoms with van der Waals surface area (Å²) in [6, 6.07) is 23.5. The van der Waals surface area contributed by atoms with Crippen LogP contribution in [0.25, 0.3) is 11.8 Å². The van der Waals surface area contributed by atoms with E-state index < -0.39 is 0 Å². The Kier molecular flexibility index (Phi) is 7.33. The number of rotatable bonds is 8. The summed E-state index contributed by atoms with van der Waals surface area (Å²) in [5.74, 6) is 1.49. The van der Waals surface area contributed by atoms with Crippen LogP contribution in [0.15, 0.2) is 72.8 Å². The SMILES string of the molecule is COc1cc(/C(=C/c2ccccc2)N(Cc2ccccc2)C(C)=O)cc(OC)c1OC. The first-order valence-electron chi connectivity index (χ1n) is 9.96. The summed E-state index contributed by atoms with van der Waals surface area (Å²) in [6.45, 7) is 2.01. The molecule has 1 amide bonds. The first kappa shape index (κ1) is 22.0. The smallest absolute Gasteiger partial charge is 0.224 e. The second-order valence-corrected chi connectivity index (χ2v) is 6.95. The van der Waals surface area contributed by atoms with Crippen LogP contribution in [0.4, 0.5) is 0 Å². The quantitative estimate of drug-likeness (QED) is 0.469. The van der Waals surface area contributed by atoms with E-state index in [1.54, 1.807) is 33.2 Å². The van der Waals surface area contributed by atoms with Gasteiger partial charge in [0.25, 0.3) is 0 Å². The van der Waals surface area contributed by atoms with Crippen LogP contribution in [-0.4, -0.2) is 32.1 Å². The van der Waals surface area contributed by atoms with E-state index in [1.165, 1.54) is 0 Å². The standard InChI is InChI=1S/C26H27NO4/c1-19(28)27(18-21-13-9-6-10-14-21)23(15-20-11-7-5-8-12-20)22-16-24(29-2)26(31-4)25(17-22)30-3/h5-17H,18H2,1-4H3/b23-15-. The van der Waals surface area contributed by atoms with Gasteiger partial charge in [-0.05, 0) is 29.3 Å². The van der Waals surface area contributed by atoms with Gasteiger partial charge in [0.2, 0.25) is 11.7 Å². The third kappa shape index (κ3) is 5.25. The number of hydrogen-bond donors (Lipinski definition) is 0. The summed E-state index contributed by atoms with van der Waals surface area (Å²) >= 11 is 0. The van der Waals surface area contributed by atoms with Crippen LogP contribution in [0.5, 0.6) is 17.2 Å². The predicted octanol–water partition coefficient (Wildman–Crippen LogP) is 5.26. The minimum Gasteiger partial charge on any atom is -0.493 e. The maximum atomic E-state index is 12.8. The molecular weight excluding hydrogens is 390 g/mol. The number of ether oxygens (including phenoxy) is 3. The summed E-state index contributed by atoms with van der Waals surface area (Å²) < 4.78 is 16.6. The molecule has 0 aliphatic heterocycles. The highest BCUT2D eigenvalue weighted by molar-refractivity contribution is 5.92. The third-order valence-corrected chi connectivity index (χ3v) is 4.92. The Bertz CT molecular complexity index is 1020. The minimum atomic E-state index is -0.0696. The van der Waals surface area contributed by atoms with Gasteiger partial charge in [0, 0.05) is 12.5 Å². The van der Waals surface area contributed by atoms with Crippen LogP contribution in [0, 0.1) is 0 Å². The van der Waals surface area contributed by atoms with Gasteiger partial charge in [0.1, 0.15) is 0 Å². The number of carbonyl (C=O) groups is 1. The molecule has 0 heterocycles. The van der Waals surface area contributed by atoms with Gasteiger partial charge in [0.05, 0.1) is 33.6 Å². The monoisotopic (exact) mass is 417 g/mol. The molecule has 0 fully saturated rings. The first-order chi connectivity index (χ1) is 15.1. The van der Waals surface area contributed by atoms with Crippen molar-refractivity contribution in [3.63, 3.8) is 0 Å². The van der Waals surface area contributed by atoms with Crippen LogP contribution in [0.3, 0.4) is 0 Å². The average molecular weight is 418 g/mol. The maximum absolute atomic E-state index is 12.8. The molecule has 0 N–H and O–H groups in total. The van der Waals surface area contributed by atoms with Crippen molar-refractivity contribution >= 4 is 17.7 Å². The molecule has 3 aromatic carbocycles. The van der Waals surface area contributed by atoms with Crippen molar-refractivity contribution in [2.24, 2.45) is 0 Å². The summed E-state index contributed by atoms with van der Waals surface area (Å²) in [5, 5.41) is 0. The second-order valence-electron chi connectivity index (χ2n) is 6.95. The van der Waals surface area contributed by atoms with Crippen molar-refractivity contribution in [2.45, 2.75) is 13.5 Å². The lowest BCUT2D eigenvalue weighted by atomic mass is 10.0. The van der Waals surface area contributed by atoms with E-state index in [9.17, 15) is 4.79 Å². The van der Waals surface area contributed by atoms with Crippen molar-refractivity contribution in [1.82, 2.24) is 4.90 Å². The van der Waals surface area contributed by atoms with E-state index >= 15 is 0 Å². The molecule has 0 saturated carbocycles. The minimum absolute atomic E-state index is 0.0696. The van der Waals surface area contributed by atoms with Gasteiger partial charge in [-0.3, -0.25) is 4.79 Å². The van der Waals surface area contributed by atoms with Gasteiger partial charge in [-0.25, -0.2) is 0 Å². The van der Waals surface area contributed by atoms with E-state index in [0.29, 0.717) is 23.8 Å². The second kappa shape index (κ2) is 10.3. The zero-order valence-electron chi connectivity index (χ0n) is 18.3. The van der Waals surface area contributed by atoms with E-state index in [-0.39, 0.29) is 5.91 Å². The van der Waals surface area contributed by atoms with E-state index in [1.807, 2.05) is 78.9 Å². The summed E-state index contributed by atoms with van der Waals surface area (Å²) in [5.41, 5.74) is 3.53. The number of hydrogen-bond acceptors (Lipinski definition) is 4. The Morgan fingerprint density at radius 2 is 1.39 bits per heavy atom. The van der Waals surface area contributed by atoms with Crippen LogP contribution < -0.4 is 14.2 Å². The molecule has 0 aliphatic carbocycles. The van der Waals surface area contributed by atoms with Crippen molar-refractivity contribution in [2.75, 3.05) is 21.3 Å². The fraction of sp³-hybridized carbons (Fsp3) is 0.192. The van der Waals surface area contributed by atoms with Crippen LogP contribution in [0.1, 0.15) is 23.6 Å². The molecule has 3 rings (SSSR count). The molecule has 0 aliphatic rings. The van der Waals surface area contributed by atoms with Gasteiger partial charge in [-0.15, -0.1) is 0 Å². The zero-order chi connectivity index (χ0) is 22.2. The molecular formula is C26H27NO4. The number of carbonyl (C=O) groups excluding carboxylic acids is 1. The first-order valence-corrected chi connectivity index (χ1v) is 9.96. The lowest BCUT2D eigenvalue weighted by molar-refractivity contribution is -0.126. The highest BCUT2D eigenvalue weighted by atomic mass is 16.5. The molecule has 5 heteroatoms. The summed E-state index contributed by atoms with van der Waals surface area (Å²) in [4.78, 5) is 14.5. The van der Waals surface area contributed by atoms with Gasteiger partial charge < -0.3 is 19.1 Å². The van der Waals surface area contributed by atoms with Gasteiger partial charge in [0.15, 0.2) is 11.5 Å². The number of amides is 1. The lowest BCUT2D eigenvalue weighted by Gasteiger charge is -2.26. The molecule has 0 radical (unpaired) electrons. The van der Waals surface area contributed by atoms with E-state index in [2.05, 4.69) is 0 Å². The van der Waals surface area contributed by atoms with Crippen LogP contribution in [0.2, 0.25) is 0 Å². The molecule has 5 nitrogen and oxygen atoms in total. The molecule has 0 unspecified atom stereocenters. The van der Waals surface area contributed by atoms with Crippen molar-refractivity contribution in [3.8, 4) is 17.2 Å². The lowest BCUT2D eigenvalue weighted by Crippen LogP contribution is -2.26. The Balaban J connectivity index is 2.19. The molecule has 0 saturated heterocycles. The predicted molar refractivity (Wildman–Crippen MR) is 123 cm³/mol. The normalized spacial score (nSPS) is 11.0. The van der Waals surface area contributed by atoms with E-state index in [4.69, 9.17) is 14.2 Å². The Morgan fingerprint density at radius 1 is 0.839 bits per heavy atom. The fourth-order valence-electron chi connectivity index (χ4n) is 3.39. The topological polar surface area (TPSA) is 48.0 Å². The van der Waals surface area contributed by atoms with Crippen LogP contribution in [-0.2, 0) is 11.3 Å². The summed E-state index contributed by atoms with van der Waals surface area (Å²) in [7, 11) is 4.72. The fourth-order valence-corrected chi connectivity index (χ4v) is 3.39. The number of nitrogens with zero attached hydrogens (tertiary/aromatic N) is 1. The molecule has 31 heavy (non-hydrogen) atoms. The van der Waals surface area contributed by atoms with Gasteiger partial charge >= 0.3 is 0 Å². The third-order valence-electron chi connectivity index (χ3n) is 4.92. The highest BCUT2D eigenvalue weighted by Crippen LogP contribution is 2.41. The van der Waals surface area contributed by atoms with Crippen LogP contribution >= 0.6 is 0 Å². The van der Waals surface area contributed by atoms with Crippen molar-refractivity contribution < 1.29 is 19.0 Å². The summed E-state index contributed by atoms with van der Waals surface area (Å²) in [6.07, 6.45) is 1.99. The average Bonchev–Trinajstić information content (AvgIpc) is 2.81. The molecule has 160 valence electrons. The molecule has 3 aromatic rings. The zero-order valence-corrected chi connectivity index (χ0v) is 18.3. The number of benzene rings is 3. The Hall–Kier alpha value is -3.73. The number of methoxy groups -OCH3 is 3. The molecule has 0 bridgehead atoms. The van der Waals surface area contributed by atoms with Gasteiger partial charge in [-0.1, -0.05) is 60.7 Å². The van der Waals surface area contributed by atoms with Crippen molar-refractivity contribution in [1.29, 1.82) is 0 Å². The Labute approximate surface area is 183 Å². The van der Waals surface area contributed by atoms with E-state index in [0.717, 1.165) is 22.4 Å². The van der Waals surface area contributed by atoms with Crippen molar-refractivity contribution in [3.05, 3.63) is 89.5 Å². The maximum Gasteiger partial charge on any atom is 0.224 e. The van der Waals surface area contributed by atoms with Gasteiger partial charge in [-0.2, -0.15) is 0 Å². The molecule has 0 atom stereocenters. The molecule has 0 spiro atoms. The highest BCUT2D eigenvalue weighted by Gasteiger charge is 2.21. The molecule has 0 aromatic heterocycles.